The van der Waals surface area contributed by atoms with Crippen molar-refractivity contribution in [3.8, 4) is 0 Å². The molecule has 5 nitrogen and oxygen atoms in total. The third-order valence-corrected chi connectivity index (χ3v) is 3.87. The zero-order valence-electron chi connectivity index (χ0n) is 16.6. The lowest BCUT2D eigenvalue weighted by Crippen LogP contribution is -2.35. The Hall–Kier alpha value is -2.18. The average Bonchev–Trinajstić information content (AvgIpc) is 2.57. The molecule has 1 aromatic rings. The van der Waals surface area contributed by atoms with E-state index in [2.05, 4.69) is 0 Å². The molecule has 1 atom stereocenters. The van der Waals surface area contributed by atoms with E-state index in [0.717, 1.165) is 0 Å². The number of halogens is 2. The van der Waals surface area contributed by atoms with Gasteiger partial charge in [-0.3, -0.25) is 4.79 Å². The van der Waals surface area contributed by atoms with Gasteiger partial charge >= 0.3 is 12.1 Å². The number of rotatable bonds is 8. The van der Waals surface area contributed by atoms with Gasteiger partial charge in [0, 0.05) is 19.2 Å². The first kappa shape index (κ1) is 22.9. The summed E-state index contributed by atoms with van der Waals surface area (Å²) in [6.07, 6.45) is -2.58. The van der Waals surface area contributed by atoms with Gasteiger partial charge in [0.1, 0.15) is 5.60 Å². The Morgan fingerprint density at radius 3 is 2.37 bits per heavy atom. The second kappa shape index (κ2) is 10.2. The van der Waals surface area contributed by atoms with Crippen molar-refractivity contribution in [3.63, 3.8) is 0 Å². The van der Waals surface area contributed by atoms with E-state index in [9.17, 15) is 18.4 Å². The molecule has 7 heteroatoms. The monoisotopic (exact) mass is 385 g/mol. The number of hydrogen-bond donors (Lipinski definition) is 0. The summed E-state index contributed by atoms with van der Waals surface area (Å²) in [5.41, 5.74) is -0.0818. The number of hydrogen-bond acceptors (Lipinski definition) is 4. The number of nitrogens with zero attached hydrogens (tertiary/aromatic N) is 1. The topological polar surface area (TPSA) is 55.8 Å². The zero-order chi connectivity index (χ0) is 20.6. The third-order valence-electron chi connectivity index (χ3n) is 3.87. The fourth-order valence-electron chi connectivity index (χ4n) is 2.54. The maximum Gasteiger partial charge on any atom is 0.410 e. The fraction of sp³-hybridized carbons (Fsp3) is 0.600. The lowest BCUT2D eigenvalue weighted by atomic mass is 9.91. The van der Waals surface area contributed by atoms with Crippen molar-refractivity contribution in [2.24, 2.45) is 0 Å². The van der Waals surface area contributed by atoms with Crippen LogP contribution in [0.25, 0.3) is 0 Å². The summed E-state index contributed by atoms with van der Waals surface area (Å²) >= 11 is 0. The van der Waals surface area contributed by atoms with Gasteiger partial charge in [-0.25, -0.2) is 13.6 Å². The molecule has 1 rings (SSSR count). The first-order valence-corrected chi connectivity index (χ1v) is 9.01. The van der Waals surface area contributed by atoms with Gasteiger partial charge in [-0.05, 0) is 51.7 Å². The minimum Gasteiger partial charge on any atom is -0.466 e. The van der Waals surface area contributed by atoms with Crippen molar-refractivity contribution >= 4 is 12.1 Å². The van der Waals surface area contributed by atoms with E-state index in [4.69, 9.17) is 9.47 Å². The van der Waals surface area contributed by atoms with E-state index < -0.39 is 24.1 Å². The third kappa shape index (κ3) is 8.37. The fourth-order valence-corrected chi connectivity index (χ4v) is 2.54. The van der Waals surface area contributed by atoms with Crippen molar-refractivity contribution in [2.75, 3.05) is 20.2 Å². The zero-order valence-corrected chi connectivity index (χ0v) is 16.6. The minimum atomic E-state index is -2.59. The molecule has 0 aliphatic carbocycles. The molecule has 0 N–H and O–H groups in total. The second-order valence-corrected chi connectivity index (χ2v) is 7.37. The van der Waals surface area contributed by atoms with Crippen molar-refractivity contribution < 1.29 is 27.8 Å². The number of ether oxygens (including phenoxy) is 2. The van der Waals surface area contributed by atoms with E-state index in [1.807, 2.05) is 0 Å². The number of benzene rings is 1. The highest BCUT2D eigenvalue weighted by atomic mass is 19.3. The normalized spacial score (nSPS) is 12.6. The largest absolute Gasteiger partial charge is 0.466 e. The summed E-state index contributed by atoms with van der Waals surface area (Å²) in [6, 6.07) is 6.01. The highest BCUT2D eigenvalue weighted by Crippen LogP contribution is 2.28. The first-order valence-electron chi connectivity index (χ1n) is 9.01. The number of amides is 1. The molecule has 0 saturated heterocycles. The van der Waals surface area contributed by atoms with Crippen LogP contribution < -0.4 is 0 Å². The lowest BCUT2D eigenvalue weighted by Gasteiger charge is -2.26. The van der Waals surface area contributed by atoms with Crippen LogP contribution in [0.3, 0.4) is 0 Å². The number of esters is 1. The average molecular weight is 385 g/mol. The van der Waals surface area contributed by atoms with Crippen LogP contribution >= 0.6 is 0 Å². The van der Waals surface area contributed by atoms with Crippen molar-refractivity contribution in [1.29, 1.82) is 0 Å². The van der Waals surface area contributed by atoms with E-state index in [0.29, 0.717) is 18.5 Å². The molecular formula is C20H29F2NO4. The van der Waals surface area contributed by atoms with Gasteiger partial charge in [0.05, 0.1) is 13.0 Å². The highest BCUT2D eigenvalue weighted by molar-refractivity contribution is 5.70. The van der Waals surface area contributed by atoms with Crippen molar-refractivity contribution in [3.05, 3.63) is 35.4 Å². The molecule has 0 saturated carbocycles. The molecule has 1 aromatic carbocycles. The van der Waals surface area contributed by atoms with Crippen LogP contribution in [0.1, 0.15) is 64.0 Å². The van der Waals surface area contributed by atoms with Gasteiger partial charge in [0.25, 0.3) is 6.43 Å². The summed E-state index contributed by atoms with van der Waals surface area (Å²) < 4.78 is 36.3. The van der Waals surface area contributed by atoms with Crippen molar-refractivity contribution in [2.45, 2.75) is 58.5 Å². The molecule has 0 aliphatic rings. The molecule has 0 fully saturated rings. The molecule has 27 heavy (non-hydrogen) atoms. The van der Waals surface area contributed by atoms with Crippen LogP contribution in [0.4, 0.5) is 13.6 Å². The van der Waals surface area contributed by atoms with Crippen molar-refractivity contribution in [1.82, 2.24) is 4.90 Å². The van der Waals surface area contributed by atoms with E-state index >= 15 is 0 Å². The van der Waals surface area contributed by atoms with Gasteiger partial charge in [0.15, 0.2) is 0 Å². The first-order chi connectivity index (χ1) is 12.5. The van der Waals surface area contributed by atoms with E-state index in [-0.39, 0.29) is 24.5 Å². The van der Waals surface area contributed by atoms with Gasteiger partial charge in [-0.1, -0.05) is 18.2 Å². The molecule has 0 bridgehead atoms. The summed E-state index contributed by atoms with van der Waals surface area (Å²) in [5, 5.41) is 0. The number of carbonyl (C=O) groups excluding carboxylic acids is 2. The Kier molecular flexibility index (Phi) is 8.66. The maximum atomic E-state index is 13.0. The molecule has 0 radical (unpaired) electrons. The Morgan fingerprint density at radius 1 is 1.19 bits per heavy atom. The van der Waals surface area contributed by atoms with E-state index in [1.54, 1.807) is 46.9 Å². The predicted molar refractivity (Wildman–Crippen MR) is 98.9 cm³/mol. The van der Waals surface area contributed by atoms with Crippen LogP contribution in [0.5, 0.6) is 0 Å². The molecule has 1 amide bonds. The van der Waals surface area contributed by atoms with Gasteiger partial charge in [-0.2, -0.15) is 0 Å². The SMILES string of the molecule is CCOC(=O)CC(CCN(C)C(=O)OC(C)(C)C)c1cccc(C(F)F)c1. The number of carbonyl (C=O) groups is 2. The lowest BCUT2D eigenvalue weighted by molar-refractivity contribution is -0.143. The summed E-state index contributed by atoms with van der Waals surface area (Å²) in [7, 11) is 1.60. The quantitative estimate of drug-likeness (QED) is 0.596. The second-order valence-electron chi connectivity index (χ2n) is 7.37. The van der Waals surface area contributed by atoms with Crippen LogP contribution in [0.15, 0.2) is 24.3 Å². The molecule has 0 aromatic heterocycles. The Labute approximate surface area is 159 Å². The van der Waals surface area contributed by atoms with Gasteiger partial charge in [0.2, 0.25) is 0 Å². The summed E-state index contributed by atoms with van der Waals surface area (Å²) in [6.45, 7) is 7.60. The molecule has 0 aliphatic heterocycles. The standard InChI is InChI=1S/C20H29F2NO4/c1-6-26-17(24)13-15(14-8-7-9-16(12-14)18(21)22)10-11-23(5)19(25)27-20(2,3)4/h7-9,12,15,18H,6,10-11,13H2,1-5H3. The van der Waals surface area contributed by atoms with Crippen LogP contribution in [0, 0.1) is 0 Å². The molecule has 0 spiro atoms. The number of alkyl halides is 2. The maximum absolute atomic E-state index is 13.0. The van der Waals surface area contributed by atoms with Crippen LogP contribution in [-0.4, -0.2) is 42.8 Å². The molecule has 0 heterocycles. The Morgan fingerprint density at radius 2 is 1.81 bits per heavy atom. The van der Waals surface area contributed by atoms with E-state index in [1.165, 1.54) is 17.0 Å². The molecular weight excluding hydrogens is 356 g/mol. The Bertz CT molecular complexity index is 629. The van der Waals surface area contributed by atoms with Crippen LogP contribution in [-0.2, 0) is 14.3 Å². The summed E-state index contributed by atoms with van der Waals surface area (Å²) in [5.74, 6) is -0.738. The van der Waals surface area contributed by atoms with Crippen LogP contribution in [0.2, 0.25) is 0 Å². The summed E-state index contributed by atoms with van der Waals surface area (Å²) in [4.78, 5) is 25.4. The Balaban J connectivity index is 2.88. The minimum absolute atomic E-state index is 0.0582. The predicted octanol–water partition coefficient (Wildman–Crippen LogP) is 4.92. The smallest absolute Gasteiger partial charge is 0.410 e. The van der Waals surface area contributed by atoms with Gasteiger partial charge < -0.3 is 14.4 Å². The molecule has 1 unspecified atom stereocenters. The molecule has 152 valence electrons. The van der Waals surface area contributed by atoms with Gasteiger partial charge in [-0.15, -0.1) is 0 Å². The highest BCUT2D eigenvalue weighted by Gasteiger charge is 2.23.